The fraction of sp³-hybridized carbons (Fsp3) is 0.136. The second-order valence-corrected chi connectivity index (χ2v) is 8.70. The van der Waals surface area contributed by atoms with E-state index in [9.17, 15) is 22.0 Å². The summed E-state index contributed by atoms with van der Waals surface area (Å²) in [6.45, 7) is -0.290. The Balaban J connectivity index is 1.60. The van der Waals surface area contributed by atoms with E-state index in [0.29, 0.717) is 0 Å². The summed E-state index contributed by atoms with van der Waals surface area (Å²) in [7, 11) is -2.24. The number of amides is 1. The van der Waals surface area contributed by atoms with Gasteiger partial charge in [0.25, 0.3) is 5.91 Å². The topological polar surface area (TPSA) is 75.7 Å². The van der Waals surface area contributed by atoms with Gasteiger partial charge in [-0.05, 0) is 42.0 Å². The first-order valence-corrected chi connectivity index (χ1v) is 10.7. The molecule has 162 valence electrons. The lowest BCUT2D eigenvalue weighted by atomic mass is 10.2. The average molecular weight is 446 g/mol. The number of ether oxygens (including phenoxy) is 1. The fourth-order valence-electron chi connectivity index (χ4n) is 2.75. The Morgan fingerprint density at radius 1 is 0.935 bits per heavy atom. The van der Waals surface area contributed by atoms with Crippen LogP contribution in [0.3, 0.4) is 0 Å². The Hall–Kier alpha value is -3.30. The zero-order valence-electron chi connectivity index (χ0n) is 16.6. The van der Waals surface area contributed by atoms with Crippen molar-refractivity contribution in [3.05, 3.63) is 90.0 Å². The van der Waals surface area contributed by atoms with Crippen LogP contribution in [0.2, 0.25) is 0 Å². The summed E-state index contributed by atoms with van der Waals surface area (Å²) in [5.41, 5.74) is 0.296. The van der Waals surface area contributed by atoms with Crippen LogP contribution in [0.25, 0.3) is 0 Å². The first-order chi connectivity index (χ1) is 14.8. The summed E-state index contributed by atoms with van der Waals surface area (Å²) in [5.74, 6) is -2.33. The molecule has 0 saturated carbocycles. The van der Waals surface area contributed by atoms with Crippen molar-refractivity contribution in [2.45, 2.75) is 11.4 Å². The van der Waals surface area contributed by atoms with Crippen LogP contribution in [-0.4, -0.2) is 32.3 Å². The molecule has 9 heteroatoms. The highest BCUT2D eigenvalue weighted by Gasteiger charge is 2.21. The number of anilines is 1. The second-order valence-electron chi connectivity index (χ2n) is 6.65. The van der Waals surface area contributed by atoms with Crippen LogP contribution in [0.5, 0.6) is 5.75 Å². The van der Waals surface area contributed by atoms with E-state index in [-0.39, 0.29) is 17.2 Å². The van der Waals surface area contributed by atoms with Crippen molar-refractivity contribution in [2.24, 2.45) is 0 Å². The van der Waals surface area contributed by atoms with E-state index < -0.39 is 39.9 Å². The summed E-state index contributed by atoms with van der Waals surface area (Å²) in [4.78, 5) is 12.0. The molecule has 0 bridgehead atoms. The molecule has 31 heavy (non-hydrogen) atoms. The highest BCUT2D eigenvalue weighted by atomic mass is 32.2. The Morgan fingerprint density at radius 3 is 2.16 bits per heavy atom. The van der Waals surface area contributed by atoms with Crippen LogP contribution in [-0.2, 0) is 21.4 Å². The van der Waals surface area contributed by atoms with Gasteiger partial charge in [0.1, 0.15) is 23.1 Å². The summed E-state index contributed by atoms with van der Waals surface area (Å²) >= 11 is 0. The van der Waals surface area contributed by atoms with Crippen molar-refractivity contribution >= 4 is 21.6 Å². The third kappa shape index (κ3) is 5.65. The Bertz CT molecular complexity index is 1130. The maximum atomic E-state index is 13.6. The number of rotatable bonds is 8. The molecule has 0 radical (unpaired) electrons. The van der Waals surface area contributed by atoms with E-state index in [1.807, 2.05) is 30.3 Å². The predicted octanol–water partition coefficient (Wildman–Crippen LogP) is 3.80. The number of halogens is 2. The standard InChI is InChI=1S/C22H20F2N2O4S/c1-26(14-16-6-3-2-4-7-16)31(28,29)18-12-10-17(11-13-18)30-15-21(27)25-22-19(23)8-5-9-20(22)24/h2-13H,14-15H2,1H3,(H,25,27). The lowest BCUT2D eigenvalue weighted by Crippen LogP contribution is -2.26. The van der Waals surface area contributed by atoms with Crippen LogP contribution >= 0.6 is 0 Å². The third-order valence-electron chi connectivity index (χ3n) is 4.38. The smallest absolute Gasteiger partial charge is 0.262 e. The van der Waals surface area contributed by atoms with E-state index in [0.717, 1.165) is 17.7 Å². The maximum absolute atomic E-state index is 13.6. The first-order valence-electron chi connectivity index (χ1n) is 9.24. The van der Waals surface area contributed by atoms with Gasteiger partial charge in [-0.3, -0.25) is 4.79 Å². The number of sulfonamides is 1. The predicted molar refractivity (Wildman–Crippen MR) is 112 cm³/mol. The van der Waals surface area contributed by atoms with Crippen molar-refractivity contribution < 1.29 is 26.7 Å². The molecule has 3 aromatic rings. The molecule has 1 amide bonds. The number of carbonyl (C=O) groups is 1. The first kappa shape index (κ1) is 22.4. The summed E-state index contributed by atoms with van der Waals surface area (Å²) in [6.07, 6.45) is 0. The number of hydrogen-bond acceptors (Lipinski definition) is 4. The molecule has 3 aromatic carbocycles. The average Bonchev–Trinajstić information content (AvgIpc) is 2.76. The summed E-state index contributed by atoms with van der Waals surface area (Å²) in [5, 5.41) is 2.11. The molecule has 6 nitrogen and oxygen atoms in total. The van der Waals surface area contributed by atoms with Gasteiger partial charge in [0.05, 0.1) is 4.90 Å². The van der Waals surface area contributed by atoms with Crippen molar-refractivity contribution in [2.75, 3.05) is 19.0 Å². The van der Waals surface area contributed by atoms with E-state index in [2.05, 4.69) is 5.32 Å². The van der Waals surface area contributed by atoms with Crippen LogP contribution in [0.15, 0.2) is 77.7 Å². The third-order valence-corrected chi connectivity index (χ3v) is 6.19. The van der Waals surface area contributed by atoms with Gasteiger partial charge in [0, 0.05) is 13.6 Å². The second kappa shape index (κ2) is 9.67. The minimum Gasteiger partial charge on any atom is -0.484 e. The molecular weight excluding hydrogens is 426 g/mol. The molecule has 0 spiro atoms. The van der Waals surface area contributed by atoms with E-state index >= 15 is 0 Å². The molecule has 1 N–H and O–H groups in total. The van der Waals surface area contributed by atoms with Gasteiger partial charge < -0.3 is 10.1 Å². The Morgan fingerprint density at radius 2 is 1.55 bits per heavy atom. The molecule has 0 aliphatic rings. The highest BCUT2D eigenvalue weighted by Crippen LogP contribution is 2.21. The van der Waals surface area contributed by atoms with Gasteiger partial charge in [-0.15, -0.1) is 0 Å². The van der Waals surface area contributed by atoms with Crippen LogP contribution in [0.4, 0.5) is 14.5 Å². The number of hydrogen-bond donors (Lipinski definition) is 1. The zero-order valence-corrected chi connectivity index (χ0v) is 17.4. The van der Waals surface area contributed by atoms with E-state index in [4.69, 9.17) is 4.74 Å². The van der Waals surface area contributed by atoms with Crippen molar-refractivity contribution in [3.63, 3.8) is 0 Å². The van der Waals surface area contributed by atoms with Crippen LogP contribution in [0, 0.1) is 11.6 Å². The Kier molecular flexibility index (Phi) is 6.98. The quantitative estimate of drug-likeness (QED) is 0.571. The van der Waals surface area contributed by atoms with Gasteiger partial charge in [0.15, 0.2) is 6.61 Å². The number of para-hydroxylation sites is 1. The minimum atomic E-state index is -3.72. The lowest BCUT2D eigenvalue weighted by Gasteiger charge is -2.17. The molecule has 0 saturated heterocycles. The van der Waals surface area contributed by atoms with Crippen LogP contribution < -0.4 is 10.1 Å². The molecule has 3 rings (SSSR count). The summed E-state index contributed by atoms with van der Waals surface area (Å²) in [6, 6.07) is 17.9. The van der Waals surface area contributed by atoms with Gasteiger partial charge in [-0.25, -0.2) is 17.2 Å². The molecule has 0 atom stereocenters. The van der Waals surface area contributed by atoms with Crippen LogP contribution in [0.1, 0.15) is 5.56 Å². The molecular formula is C22H20F2N2O4S. The zero-order chi connectivity index (χ0) is 22.4. The SMILES string of the molecule is CN(Cc1ccccc1)S(=O)(=O)c1ccc(OCC(=O)Nc2c(F)cccc2F)cc1. The number of nitrogens with one attached hydrogen (secondary N) is 1. The van der Waals surface area contributed by atoms with E-state index in [1.54, 1.807) is 0 Å². The minimum absolute atomic E-state index is 0.0659. The fourth-order valence-corrected chi connectivity index (χ4v) is 3.91. The van der Waals surface area contributed by atoms with Gasteiger partial charge >= 0.3 is 0 Å². The highest BCUT2D eigenvalue weighted by molar-refractivity contribution is 7.89. The summed E-state index contributed by atoms with van der Waals surface area (Å²) < 4.78 is 59.1. The van der Waals surface area contributed by atoms with E-state index in [1.165, 1.54) is 41.7 Å². The number of carbonyl (C=O) groups excluding carboxylic acids is 1. The molecule has 0 aromatic heterocycles. The van der Waals surface area contributed by atoms with Gasteiger partial charge in [-0.2, -0.15) is 4.31 Å². The molecule has 0 heterocycles. The number of benzene rings is 3. The van der Waals surface area contributed by atoms with Gasteiger partial charge in [0.2, 0.25) is 10.0 Å². The molecule has 0 unspecified atom stereocenters. The van der Waals surface area contributed by atoms with Crippen molar-refractivity contribution in [3.8, 4) is 5.75 Å². The van der Waals surface area contributed by atoms with Crippen molar-refractivity contribution in [1.29, 1.82) is 0 Å². The largest absolute Gasteiger partial charge is 0.484 e. The maximum Gasteiger partial charge on any atom is 0.262 e. The monoisotopic (exact) mass is 446 g/mol. The Labute approximate surface area is 179 Å². The lowest BCUT2D eigenvalue weighted by molar-refractivity contribution is -0.118. The molecule has 0 aliphatic heterocycles. The van der Waals surface area contributed by atoms with Crippen molar-refractivity contribution in [1.82, 2.24) is 4.31 Å². The molecule has 0 fully saturated rings. The number of nitrogens with zero attached hydrogens (tertiary/aromatic N) is 1. The normalized spacial score (nSPS) is 11.4. The molecule has 0 aliphatic carbocycles. The van der Waals surface area contributed by atoms with Gasteiger partial charge in [-0.1, -0.05) is 36.4 Å².